The van der Waals surface area contributed by atoms with E-state index < -0.39 is 5.60 Å². The van der Waals surface area contributed by atoms with Crippen LogP contribution in [-0.4, -0.2) is 11.7 Å². The summed E-state index contributed by atoms with van der Waals surface area (Å²) in [5, 5.41) is 10.8. The number of benzene rings is 1. The molecule has 0 aromatic heterocycles. The first-order chi connectivity index (χ1) is 9.18. The highest BCUT2D eigenvalue weighted by atomic mass is 16.5. The van der Waals surface area contributed by atoms with Crippen LogP contribution in [0.2, 0.25) is 0 Å². The minimum atomic E-state index is -0.993. The third-order valence-corrected chi connectivity index (χ3v) is 4.33. The predicted molar refractivity (Wildman–Crippen MR) is 75.9 cm³/mol. The topological polar surface area (TPSA) is 29.5 Å². The summed E-state index contributed by atoms with van der Waals surface area (Å²) < 4.78 is 5.65. The third kappa shape index (κ3) is 2.42. The maximum Gasteiger partial charge on any atom is 0.143 e. The molecular weight excluding hydrogens is 236 g/mol. The number of hydrogen-bond donors (Lipinski definition) is 1. The molecule has 102 valence electrons. The van der Waals surface area contributed by atoms with Crippen molar-refractivity contribution in [2.75, 3.05) is 6.61 Å². The van der Waals surface area contributed by atoms with Crippen LogP contribution in [0.4, 0.5) is 0 Å². The highest BCUT2D eigenvalue weighted by Crippen LogP contribution is 2.34. The largest absolute Gasteiger partial charge is 0.495 e. The lowest BCUT2D eigenvalue weighted by molar-refractivity contribution is 0.0149. The van der Waals surface area contributed by atoms with E-state index in [0.717, 1.165) is 30.6 Å². The molecule has 0 radical (unpaired) electrons. The first-order valence-corrected chi connectivity index (χ1v) is 7.36. The van der Waals surface area contributed by atoms with Crippen molar-refractivity contribution in [2.24, 2.45) is 0 Å². The van der Waals surface area contributed by atoms with Crippen molar-refractivity contribution >= 4 is 0 Å². The van der Waals surface area contributed by atoms with Crippen molar-refractivity contribution in [2.45, 2.75) is 51.0 Å². The number of aliphatic hydroxyl groups is 1. The molecule has 1 heterocycles. The van der Waals surface area contributed by atoms with Gasteiger partial charge < -0.3 is 9.84 Å². The fourth-order valence-corrected chi connectivity index (χ4v) is 3.08. The van der Waals surface area contributed by atoms with Crippen molar-refractivity contribution in [3.05, 3.63) is 46.7 Å². The van der Waals surface area contributed by atoms with Gasteiger partial charge >= 0.3 is 0 Å². The molecular formula is C17H22O2. The summed E-state index contributed by atoms with van der Waals surface area (Å²) in [6.07, 6.45) is 8.94. The molecule has 0 amide bonds. The standard InChI is InChI=1S/C17H22O2/c1-17(18,16-8-4-5-11-19-16)15-10-9-13-6-2-3-7-14(13)12-15/h8-10,12,18H,2-7,11H2,1H3. The van der Waals surface area contributed by atoms with Gasteiger partial charge in [0.2, 0.25) is 0 Å². The first-order valence-electron chi connectivity index (χ1n) is 7.36. The molecule has 1 aliphatic carbocycles. The SMILES string of the molecule is CC(O)(C1=CCCCO1)c1ccc2c(c1)CCCC2. The van der Waals surface area contributed by atoms with Gasteiger partial charge in [-0.25, -0.2) is 0 Å². The Hall–Kier alpha value is -1.28. The van der Waals surface area contributed by atoms with Gasteiger partial charge in [-0.15, -0.1) is 0 Å². The van der Waals surface area contributed by atoms with Crippen LogP contribution in [0.15, 0.2) is 30.0 Å². The van der Waals surface area contributed by atoms with Crippen molar-refractivity contribution in [1.82, 2.24) is 0 Å². The molecule has 0 saturated heterocycles. The lowest BCUT2D eigenvalue weighted by Crippen LogP contribution is -2.28. The summed E-state index contributed by atoms with van der Waals surface area (Å²) in [4.78, 5) is 0. The van der Waals surface area contributed by atoms with E-state index in [2.05, 4.69) is 18.2 Å². The smallest absolute Gasteiger partial charge is 0.143 e. The molecule has 19 heavy (non-hydrogen) atoms. The highest BCUT2D eigenvalue weighted by molar-refractivity contribution is 5.39. The fraction of sp³-hybridized carbons (Fsp3) is 0.529. The Morgan fingerprint density at radius 1 is 1.11 bits per heavy atom. The summed E-state index contributed by atoms with van der Waals surface area (Å²) in [5.41, 5.74) is 2.82. The molecule has 0 fully saturated rings. The van der Waals surface area contributed by atoms with E-state index in [1.54, 1.807) is 0 Å². The summed E-state index contributed by atoms with van der Waals surface area (Å²) >= 11 is 0. The molecule has 1 N–H and O–H groups in total. The molecule has 1 aromatic rings. The molecule has 2 aliphatic rings. The Labute approximate surface area is 115 Å². The quantitative estimate of drug-likeness (QED) is 0.880. The average molecular weight is 258 g/mol. The molecule has 2 heteroatoms. The Morgan fingerprint density at radius 2 is 1.89 bits per heavy atom. The zero-order valence-electron chi connectivity index (χ0n) is 11.6. The van der Waals surface area contributed by atoms with Gasteiger partial charge in [0.05, 0.1) is 6.61 Å². The third-order valence-electron chi connectivity index (χ3n) is 4.33. The van der Waals surface area contributed by atoms with Crippen LogP contribution >= 0.6 is 0 Å². The zero-order chi connectivity index (χ0) is 13.3. The van der Waals surface area contributed by atoms with E-state index >= 15 is 0 Å². The van der Waals surface area contributed by atoms with Crippen LogP contribution < -0.4 is 0 Å². The minimum Gasteiger partial charge on any atom is -0.495 e. The molecule has 1 atom stereocenters. The van der Waals surface area contributed by atoms with Gasteiger partial charge in [-0.05, 0) is 68.2 Å². The van der Waals surface area contributed by atoms with Crippen molar-refractivity contribution < 1.29 is 9.84 Å². The number of hydrogen-bond acceptors (Lipinski definition) is 2. The van der Waals surface area contributed by atoms with Crippen LogP contribution in [0.5, 0.6) is 0 Å². The first kappa shape index (κ1) is 12.7. The highest BCUT2D eigenvalue weighted by Gasteiger charge is 2.31. The molecule has 3 rings (SSSR count). The summed E-state index contributed by atoms with van der Waals surface area (Å²) in [5.74, 6) is 0.717. The van der Waals surface area contributed by atoms with Gasteiger partial charge in [0.25, 0.3) is 0 Å². The zero-order valence-corrected chi connectivity index (χ0v) is 11.6. The van der Waals surface area contributed by atoms with E-state index in [0.29, 0.717) is 6.61 Å². The Bertz CT molecular complexity index is 500. The molecule has 1 aromatic carbocycles. The maximum absolute atomic E-state index is 10.8. The van der Waals surface area contributed by atoms with Gasteiger partial charge in [-0.1, -0.05) is 18.2 Å². The van der Waals surface area contributed by atoms with E-state index in [1.807, 2.05) is 13.0 Å². The van der Waals surface area contributed by atoms with Gasteiger partial charge in [0.15, 0.2) is 0 Å². The number of aryl methyl sites for hydroxylation is 2. The van der Waals surface area contributed by atoms with Crippen LogP contribution in [0.25, 0.3) is 0 Å². The summed E-state index contributed by atoms with van der Waals surface area (Å²) in [7, 11) is 0. The van der Waals surface area contributed by atoms with E-state index in [9.17, 15) is 5.11 Å². The van der Waals surface area contributed by atoms with E-state index in [4.69, 9.17) is 4.74 Å². The molecule has 2 nitrogen and oxygen atoms in total. The Morgan fingerprint density at radius 3 is 2.63 bits per heavy atom. The molecule has 0 bridgehead atoms. The molecule has 1 unspecified atom stereocenters. The molecule has 0 saturated carbocycles. The Balaban J connectivity index is 1.94. The summed E-state index contributed by atoms with van der Waals surface area (Å²) in [6, 6.07) is 6.41. The second kappa shape index (κ2) is 5.01. The lowest BCUT2D eigenvalue weighted by atomic mass is 9.85. The van der Waals surface area contributed by atoms with Gasteiger partial charge in [0.1, 0.15) is 11.4 Å². The number of ether oxygens (including phenoxy) is 1. The van der Waals surface area contributed by atoms with Crippen molar-refractivity contribution in [3.63, 3.8) is 0 Å². The van der Waals surface area contributed by atoms with Crippen molar-refractivity contribution in [1.29, 1.82) is 0 Å². The number of fused-ring (bicyclic) bond motifs is 1. The van der Waals surface area contributed by atoms with Crippen LogP contribution in [-0.2, 0) is 23.2 Å². The Kier molecular flexibility index (Phi) is 3.36. The molecule has 0 spiro atoms. The number of allylic oxidation sites excluding steroid dienone is 1. The van der Waals surface area contributed by atoms with Crippen molar-refractivity contribution in [3.8, 4) is 0 Å². The monoisotopic (exact) mass is 258 g/mol. The van der Waals surface area contributed by atoms with Gasteiger partial charge in [-0.2, -0.15) is 0 Å². The maximum atomic E-state index is 10.8. The second-order valence-electron chi connectivity index (χ2n) is 5.82. The second-order valence-corrected chi connectivity index (χ2v) is 5.82. The predicted octanol–water partition coefficient (Wildman–Crippen LogP) is 3.47. The lowest BCUT2D eigenvalue weighted by Gasteiger charge is -2.30. The van der Waals surface area contributed by atoms with E-state index in [1.165, 1.54) is 30.4 Å². The van der Waals surface area contributed by atoms with Crippen LogP contribution in [0, 0.1) is 0 Å². The fourth-order valence-electron chi connectivity index (χ4n) is 3.08. The summed E-state index contributed by atoms with van der Waals surface area (Å²) in [6.45, 7) is 2.56. The number of rotatable bonds is 2. The van der Waals surface area contributed by atoms with E-state index in [-0.39, 0.29) is 0 Å². The van der Waals surface area contributed by atoms with Gasteiger partial charge in [-0.3, -0.25) is 0 Å². The minimum absolute atomic E-state index is 0.715. The normalized spacial score (nSPS) is 21.9. The van der Waals surface area contributed by atoms with Crippen LogP contribution in [0.3, 0.4) is 0 Å². The van der Waals surface area contributed by atoms with Crippen LogP contribution in [0.1, 0.15) is 49.3 Å². The molecule has 1 aliphatic heterocycles. The van der Waals surface area contributed by atoms with Gasteiger partial charge in [0, 0.05) is 0 Å². The average Bonchev–Trinajstić information content (AvgIpc) is 2.47.